The molecule has 118 valence electrons. The number of nitrogen functional groups attached to an aromatic ring is 1. The molecule has 2 N–H and O–H groups in total. The zero-order valence-electron chi connectivity index (χ0n) is 14.0. The van der Waals surface area contributed by atoms with Gasteiger partial charge < -0.3 is 5.73 Å². The van der Waals surface area contributed by atoms with E-state index in [0.29, 0.717) is 5.92 Å². The Balaban J connectivity index is 1.98. The number of anilines is 1. The maximum absolute atomic E-state index is 6.24. The summed E-state index contributed by atoms with van der Waals surface area (Å²) in [5.74, 6) is 0.481. The first-order valence-electron chi connectivity index (χ1n) is 8.32. The van der Waals surface area contributed by atoms with Gasteiger partial charge in [0.2, 0.25) is 0 Å². The van der Waals surface area contributed by atoms with E-state index < -0.39 is 0 Å². The molecular formula is C22H20N2. The maximum Gasteiger partial charge on any atom is 0.0716 e. The van der Waals surface area contributed by atoms with Crippen molar-refractivity contribution in [3.8, 4) is 11.3 Å². The first-order valence-corrected chi connectivity index (χ1v) is 8.32. The van der Waals surface area contributed by atoms with Gasteiger partial charge in [0, 0.05) is 22.0 Å². The fraction of sp³-hybridized carbons (Fsp3) is 0.136. The lowest BCUT2D eigenvalue weighted by atomic mass is 9.96. The quantitative estimate of drug-likeness (QED) is 0.478. The van der Waals surface area contributed by atoms with Crippen LogP contribution in [-0.4, -0.2) is 4.98 Å². The summed E-state index contributed by atoms with van der Waals surface area (Å²) in [6.45, 7) is 4.43. The second kappa shape index (κ2) is 5.64. The van der Waals surface area contributed by atoms with Gasteiger partial charge in [-0.3, -0.25) is 0 Å². The summed E-state index contributed by atoms with van der Waals surface area (Å²) in [5, 5.41) is 3.45. The van der Waals surface area contributed by atoms with Gasteiger partial charge in [-0.05, 0) is 35.1 Å². The number of nitrogens with two attached hydrogens (primary N) is 1. The molecule has 0 bridgehead atoms. The first-order chi connectivity index (χ1) is 11.6. The molecule has 2 heteroatoms. The molecule has 0 aliphatic rings. The van der Waals surface area contributed by atoms with Crippen molar-refractivity contribution in [1.29, 1.82) is 0 Å². The van der Waals surface area contributed by atoms with Crippen molar-refractivity contribution in [1.82, 2.24) is 4.98 Å². The summed E-state index contributed by atoms with van der Waals surface area (Å²) < 4.78 is 0. The fourth-order valence-corrected chi connectivity index (χ4v) is 3.42. The summed E-state index contributed by atoms with van der Waals surface area (Å²) in [7, 11) is 0. The van der Waals surface area contributed by atoms with Crippen molar-refractivity contribution in [2.24, 2.45) is 0 Å². The number of hydrogen-bond donors (Lipinski definition) is 1. The number of rotatable bonds is 2. The molecule has 0 amide bonds. The number of pyridine rings is 1. The molecule has 0 radical (unpaired) electrons. The zero-order chi connectivity index (χ0) is 16.7. The van der Waals surface area contributed by atoms with Crippen LogP contribution in [0.15, 0.2) is 66.7 Å². The Morgan fingerprint density at radius 1 is 0.833 bits per heavy atom. The Bertz CT molecular complexity index is 1040. The van der Waals surface area contributed by atoms with Crippen molar-refractivity contribution in [3.05, 3.63) is 72.3 Å². The third-order valence-electron chi connectivity index (χ3n) is 4.60. The van der Waals surface area contributed by atoms with Crippen LogP contribution in [-0.2, 0) is 0 Å². The largest absolute Gasteiger partial charge is 0.398 e. The topological polar surface area (TPSA) is 38.9 Å². The lowest BCUT2D eigenvalue weighted by Gasteiger charge is -2.12. The molecule has 0 spiro atoms. The third-order valence-corrected chi connectivity index (χ3v) is 4.60. The Hall–Kier alpha value is -2.87. The minimum atomic E-state index is 0.481. The van der Waals surface area contributed by atoms with E-state index in [1.54, 1.807) is 0 Å². The molecule has 24 heavy (non-hydrogen) atoms. The van der Waals surface area contributed by atoms with Crippen LogP contribution >= 0.6 is 0 Å². The molecule has 0 fully saturated rings. The lowest BCUT2D eigenvalue weighted by Crippen LogP contribution is -1.94. The molecular weight excluding hydrogens is 292 g/mol. The van der Waals surface area contributed by atoms with Gasteiger partial charge in [-0.1, -0.05) is 62.4 Å². The van der Waals surface area contributed by atoms with Crippen LogP contribution in [0.5, 0.6) is 0 Å². The molecule has 0 aliphatic carbocycles. The van der Waals surface area contributed by atoms with E-state index in [0.717, 1.165) is 33.2 Å². The van der Waals surface area contributed by atoms with Crippen molar-refractivity contribution in [3.63, 3.8) is 0 Å². The van der Waals surface area contributed by atoms with Crippen molar-refractivity contribution < 1.29 is 0 Å². The molecule has 4 rings (SSSR count). The molecule has 1 heterocycles. The number of hydrogen-bond acceptors (Lipinski definition) is 2. The number of fused-ring (bicyclic) bond motifs is 2. The van der Waals surface area contributed by atoms with Crippen molar-refractivity contribution in [2.45, 2.75) is 19.8 Å². The van der Waals surface area contributed by atoms with E-state index in [9.17, 15) is 0 Å². The van der Waals surface area contributed by atoms with E-state index in [1.165, 1.54) is 10.9 Å². The Morgan fingerprint density at radius 2 is 1.58 bits per heavy atom. The van der Waals surface area contributed by atoms with Gasteiger partial charge in [0.15, 0.2) is 0 Å². The second-order valence-electron chi connectivity index (χ2n) is 6.52. The predicted molar refractivity (Wildman–Crippen MR) is 103 cm³/mol. The highest BCUT2D eigenvalue weighted by Crippen LogP contribution is 2.33. The number of nitrogens with zero attached hydrogens (tertiary/aromatic N) is 1. The standard InChI is InChI=1S/C22H20N2/c1-14(2)16-8-5-11-20-17(16)12-13-21(24-20)18-9-3-6-15-7-4-10-19(23)22(15)18/h3-14H,23H2,1-2H3. The minimum Gasteiger partial charge on any atom is -0.398 e. The van der Waals surface area contributed by atoms with Crippen LogP contribution in [0.3, 0.4) is 0 Å². The highest BCUT2D eigenvalue weighted by atomic mass is 14.7. The van der Waals surface area contributed by atoms with E-state index in [1.807, 2.05) is 12.1 Å². The van der Waals surface area contributed by atoms with Gasteiger partial charge in [0.1, 0.15) is 0 Å². The summed E-state index contributed by atoms with van der Waals surface area (Å²) in [4.78, 5) is 4.92. The molecule has 0 unspecified atom stereocenters. The SMILES string of the molecule is CC(C)c1cccc2nc(-c3cccc4cccc(N)c34)ccc12. The van der Waals surface area contributed by atoms with Gasteiger partial charge in [-0.15, -0.1) is 0 Å². The Labute approximate surface area is 142 Å². The highest BCUT2D eigenvalue weighted by molar-refractivity contribution is 6.04. The molecule has 2 nitrogen and oxygen atoms in total. The molecule has 0 aliphatic heterocycles. The Kier molecular flexibility index (Phi) is 3.46. The summed E-state index contributed by atoms with van der Waals surface area (Å²) in [5.41, 5.74) is 11.5. The molecule has 3 aromatic carbocycles. The second-order valence-corrected chi connectivity index (χ2v) is 6.52. The molecule has 0 saturated heterocycles. The lowest BCUT2D eigenvalue weighted by molar-refractivity contribution is 0.876. The van der Waals surface area contributed by atoms with Crippen LogP contribution < -0.4 is 5.73 Å². The fourth-order valence-electron chi connectivity index (χ4n) is 3.42. The minimum absolute atomic E-state index is 0.481. The third kappa shape index (κ3) is 2.31. The predicted octanol–water partition coefficient (Wildman–Crippen LogP) is 5.76. The monoisotopic (exact) mass is 312 g/mol. The summed E-state index contributed by atoms with van der Waals surface area (Å²) in [6.07, 6.45) is 0. The molecule has 0 saturated carbocycles. The van der Waals surface area contributed by atoms with Crippen molar-refractivity contribution >= 4 is 27.4 Å². The summed E-state index contributed by atoms with van der Waals surface area (Å²) in [6, 6.07) is 22.9. The van der Waals surface area contributed by atoms with Crippen molar-refractivity contribution in [2.75, 3.05) is 5.73 Å². The normalized spacial score (nSPS) is 11.5. The van der Waals surface area contributed by atoms with Crippen LogP contribution in [0.25, 0.3) is 32.9 Å². The Morgan fingerprint density at radius 3 is 2.38 bits per heavy atom. The smallest absolute Gasteiger partial charge is 0.0716 e. The van der Waals surface area contributed by atoms with Crippen LogP contribution in [0.1, 0.15) is 25.3 Å². The average Bonchev–Trinajstić information content (AvgIpc) is 2.60. The molecule has 1 aromatic heterocycles. The van der Waals surface area contributed by atoms with E-state index in [2.05, 4.69) is 68.4 Å². The van der Waals surface area contributed by atoms with Gasteiger partial charge in [0.05, 0.1) is 11.2 Å². The van der Waals surface area contributed by atoms with Gasteiger partial charge in [-0.25, -0.2) is 4.98 Å². The molecule has 4 aromatic rings. The summed E-state index contributed by atoms with van der Waals surface area (Å²) >= 11 is 0. The molecule has 0 atom stereocenters. The number of benzene rings is 3. The number of aromatic nitrogens is 1. The van der Waals surface area contributed by atoms with Crippen LogP contribution in [0.4, 0.5) is 5.69 Å². The average molecular weight is 312 g/mol. The van der Waals surface area contributed by atoms with Crippen LogP contribution in [0, 0.1) is 0 Å². The van der Waals surface area contributed by atoms with E-state index in [4.69, 9.17) is 10.7 Å². The first kappa shape index (κ1) is 14.7. The maximum atomic E-state index is 6.24. The van der Waals surface area contributed by atoms with Gasteiger partial charge in [-0.2, -0.15) is 0 Å². The van der Waals surface area contributed by atoms with E-state index >= 15 is 0 Å². The van der Waals surface area contributed by atoms with Crippen LogP contribution in [0.2, 0.25) is 0 Å². The van der Waals surface area contributed by atoms with Gasteiger partial charge >= 0.3 is 0 Å². The van der Waals surface area contributed by atoms with Gasteiger partial charge in [0.25, 0.3) is 0 Å². The highest BCUT2D eigenvalue weighted by Gasteiger charge is 2.10. The van der Waals surface area contributed by atoms with E-state index in [-0.39, 0.29) is 0 Å². The zero-order valence-corrected chi connectivity index (χ0v) is 14.0.